The summed E-state index contributed by atoms with van der Waals surface area (Å²) in [6, 6.07) is 0.236. The summed E-state index contributed by atoms with van der Waals surface area (Å²) in [5, 5.41) is 5.48. The Bertz CT molecular complexity index is 851. The number of carbonyl (C=O) groups excluding carboxylic acids is 2. The minimum absolute atomic E-state index is 0.0450. The van der Waals surface area contributed by atoms with Crippen molar-refractivity contribution in [2.75, 3.05) is 13.6 Å². The average molecular weight is 383 g/mol. The third kappa shape index (κ3) is 3.64. The third-order valence-corrected chi connectivity index (χ3v) is 6.70. The van der Waals surface area contributed by atoms with E-state index in [1.807, 2.05) is 4.57 Å². The van der Waals surface area contributed by atoms with Crippen LogP contribution in [-0.2, 0) is 0 Å². The Morgan fingerprint density at radius 3 is 2.36 bits per heavy atom. The molecular weight excluding hydrogens is 354 g/mol. The van der Waals surface area contributed by atoms with E-state index in [1.165, 1.54) is 19.9 Å². The van der Waals surface area contributed by atoms with Gasteiger partial charge in [-0.05, 0) is 43.4 Å². The predicted molar refractivity (Wildman–Crippen MR) is 107 cm³/mol. The van der Waals surface area contributed by atoms with Gasteiger partial charge in [-0.3, -0.25) is 14.4 Å². The molecule has 6 nitrogen and oxygen atoms in total. The van der Waals surface area contributed by atoms with E-state index in [-0.39, 0.29) is 23.1 Å². The maximum Gasteiger partial charge on any atom is 0.256 e. The van der Waals surface area contributed by atoms with E-state index < -0.39 is 11.3 Å². The zero-order valence-electron chi connectivity index (χ0n) is 16.4. The van der Waals surface area contributed by atoms with Crippen LogP contribution in [0, 0.1) is 17.8 Å². The second kappa shape index (κ2) is 7.94. The van der Waals surface area contributed by atoms with Crippen LogP contribution >= 0.6 is 0 Å². The maximum absolute atomic E-state index is 12.9. The largest absolute Gasteiger partial charge is 0.355 e. The minimum atomic E-state index is -0.489. The highest BCUT2D eigenvalue weighted by molar-refractivity contribution is 5.99. The molecule has 2 saturated carbocycles. The molecule has 28 heavy (non-hydrogen) atoms. The van der Waals surface area contributed by atoms with Crippen LogP contribution in [-0.4, -0.2) is 30.0 Å². The molecule has 0 aromatic carbocycles. The van der Waals surface area contributed by atoms with Crippen molar-refractivity contribution in [1.82, 2.24) is 15.2 Å². The standard InChI is InChI=1S/C22H29N3O3/c1-23-21(27)18-12-25(17-5-3-2-4-6-17)13-19(20(18)26)22(28)24-11-16-10-14-7-8-15(16)9-14/h7-8,12-17H,2-6,9-11H2,1H3,(H,23,27)(H,24,28)/t14-,15+,16-/m0/s1. The predicted octanol–water partition coefficient (Wildman–Crippen LogP) is 2.66. The fourth-order valence-electron chi connectivity index (χ4n) is 5.09. The fourth-order valence-corrected chi connectivity index (χ4v) is 5.09. The second-order valence-corrected chi connectivity index (χ2v) is 8.48. The molecule has 2 N–H and O–H groups in total. The molecule has 3 aliphatic rings. The van der Waals surface area contributed by atoms with Crippen LogP contribution in [0.15, 0.2) is 29.3 Å². The lowest BCUT2D eigenvalue weighted by atomic mass is 9.93. The van der Waals surface area contributed by atoms with Gasteiger partial charge in [-0.15, -0.1) is 0 Å². The third-order valence-electron chi connectivity index (χ3n) is 6.70. The van der Waals surface area contributed by atoms with Crippen molar-refractivity contribution in [1.29, 1.82) is 0 Å². The summed E-state index contributed by atoms with van der Waals surface area (Å²) in [5.41, 5.74) is -0.370. The number of rotatable bonds is 5. The Balaban J connectivity index is 1.56. The first-order valence-electron chi connectivity index (χ1n) is 10.5. The van der Waals surface area contributed by atoms with Crippen LogP contribution < -0.4 is 16.1 Å². The zero-order chi connectivity index (χ0) is 19.7. The zero-order valence-corrected chi connectivity index (χ0v) is 16.4. The summed E-state index contributed by atoms with van der Waals surface area (Å²) in [7, 11) is 1.50. The van der Waals surface area contributed by atoms with Crippen LogP contribution in [0.2, 0.25) is 0 Å². The molecule has 3 aliphatic carbocycles. The van der Waals surface area contributed by atoms with E-state index in [0.717, 1.165) is 32.1 Å². The molecule has 2 amide bonds. The Hall–Kier alpha value is -2.37. The average Bonchev–Trinajstić information content (AvgIpc) is 3.35. The highest BCUT2D eigenvalue weighted by atomic mass is 16.2. The number of pyridine rings is 1. The summed E-state index contributed by atoms with van der Waals surface area (Å²) in [5.74, 6) is 0.824. The monoisotopic (exact) mass is 383 g/mol. The lowest BCUT2D eigenvalue weighted by molar-refractivity contribution is 0.0942. The summed E-state index contributed by atoms with van der Waals surface area (Å²) < 4.78 is 1.92. The Morgan fingerprint density at radius 2 is 1.75 bits per heavy atom. The first-order valence-corrected chi connectivity index (χ1v) is 10.5. The quantitative estimate of drug-likeness (QED) is 0.767. The molecule has 4 rings (SSSR count). The van der Waals surface area contributed by atoms with Gasteiger partial charge in [0.1, 0.15) is 11.1 Å². The molecule has 1 aromatic rings. The van der Waals surface area contributed by atoms with Gasteiger partial charge >= 0.3 is 0 Å². The fraction of sp³-hybridized carbons (Fsp3) is 0.591. The number of hydrogen-bond acceptors (Lipinski definition) is 3. The number of allylic oxidation sites excluding steroid dienone is 2. The van der Waals surface area contributed by atoms with Crippen molar-refractivity contribution in [2.45, 2.75) is 51.0 Å². The number of fused-ring (bicyclic) bond motifs is 2. The number of nitrogens with one attached hydrogen (secondary N) is 2. The van der Waals surface area contributed by atoms with Crippen molar-refractivity contribution in [3.05, 3.63) is 45.9 Å². The van der Waals surface area contributed by atoms with Crippen molar-refractivity contribution in [2.24, 2.45) is 17.8 Å². The van der Waals surface area contributed by atoms with Crippen LogP contribution in [0.5, 0.6) is 0 Å². The van der Waals surface area contributed by atoms with Crippen molar-refractivity contribution in [3.8, 4) is 0 Å². The summed E-state index contributed by atoms with van der Waals surface area (Å²) >= 11 is 0. The Labute approximate surface area is 165 Å². The minimum Gasteiger partial charge on any atom is -0.355 e. The molecule has 150 valence electrons. The van der Waals surface area contributed by atoms with Crippen molar-refractivity contribution >= 4 is 11.8 Å². The van der Waals surface area contributed by atoms with Crippen LogP contribution in [0.3, 0.4) is 0 Å². The molecule has 0 radical (unpaired) electrons. The highest BCUT2D eigenvalue weighted by Crippen LogP contribution is 2.42. The van der Waals surface area contributed by atoms with Gasteiger partial charge in [0.05, 0.1) is 0 Å². The highest BCUT2D eigenvalue weighted by Gasteiger charge is 2.35. The number of hydrogen-bond donors (Lipinski definition) is 2. The van der Waals surface area contributed by atoms with Gasteiger partial charge in [-0.25, -0.2) is 0 Å². The van der Waals surface area contributed by atoms with Gasteiger partial charge in [0.15, 0.2) is 0 Å². The van der Waals surface area contributed by atoms with E-state index in [1.54, 1.807) is 12.4 Å². The molecule has 6 heteroatoms. The van der Waals surface area contributed by atoms with Gasteiger partial charge in [-0.1, -0.05) is 31.4 Å². The van der Waals surface area contributed by atoms with Crippen molar-refractivity contribution < 1.29 is 9.59 Å². The van der Waals surface area contributed by atoms with Gasteiger partial charge in [0.25, 0.3) is 11.8 Å². The molecule has 0 unspecified atom stereocenters. The van der Waals surface area contributed by atoms with Crippen LogP contribution in [0.4, 0.5) is 0 Å². The second-order valence-electron chi connectivity index (χ2n) is 8.48. The first kappa shape index (κ1) is 19.0. The number of carbonyl (C=O) groups is 2. The number of nitrogens with zero attached hydrogens (tertiary/aromatic N) is 1. The van der Waals surface area contributed by atoms with Gasteiger partial charge in [0, 0.05) is 32.0 Å². The Morgan fingerprint density at radius 1 is 1.04 bits per heavy atom. The van der Waals surface area contributed by atoms with E-state index >= 15 is 0 Å². The maximum atomic E-state index is 12.9. The van der Waals surface area contributed by atoms with E-state index in [0.29, 0.717) is 24.3 Å². The van der Waals surface area contributed by atoms with E-state index in [9.17, 15) is 14.4 Å². The topological polar surface area (TPSA) is 80.2 Å². The van der Waals surface area contributed by atoms with Crippen LogP contribution in [0.1, 0.15) is 71.7 Å². The molecule has 1 aromatic heterocycles. The molecule has 0 spiro atoms. The Kier molecular flexibility index (Phi) is 5.38. The smallest absolute Gasteiger partial charge is 0.256 e. The number of aromatic nitrogens is 1. The normalized spacial score (nSPS) is 26.4. The molecule has 0 saturated heterocycles. The van der Waals surface area contributed by atoms with Crippen LogP contribution in [0.25, 0.3) is 0 Å². The van der Waals surface area contributed by atoms with Gasteiger partial charge in [0.2, 0.25) is 5.43 Å². The van der Waals surface area contributed by atoms with E-state index in [4.69, 9.17) is 0 Å². The van der Waals surface area contributed by atoms with Crippen molar-refractivity contribution in [3.63, 3.8) is 0 Å². The summed E-state index contributed by atoms with van der Waals surface area (Å²) in [6.07, 6.45) is 15.6. The first-order chi connectivity index (χ1) is 13.6. The molecular formula is C22H29N3O3. The summed E-state index contributed by atoms with van der Waals surface area (Å²) in [4.78, 5) is 37.9. The van der Waals surface area contributed by atoms with Gasteiger partial charge in [-0.2, -0.15) is 0 Å². The molecule has 3 atom stereocenters. The summed E-state index contributed by atoms with van der Waals surface area (Å²) in [6.45, 7) is 0.581. The molecule has 2 fully saturated rings. The molecule has 1 heterocycles. The molecule has 2 bridgehead atoms. The van der Waals surface area contributed by atoms with E-state index in [2.05, 4.69) is 22.8 Å². The lowest BCUT2D eigenvalue weighted by Gasteiger charge is -2.25. The van der Waals surface area contributed by atoms with Gasteiger partial charge < -0.3 is 15.2 Å². The lowest BCUT2D eigenvalue weighted by Crippen LogP contribution is -2.37. The SMILES string of the molecule is CNC(=O)c1cn(C2CCCCC2)cc(C(=O)NC[C@@H]2C[C@H]3C=C[C@@H]2C3)c1=O. The molecule has 0 aliphatic heterocycles. The number of amides is 2.